The van der Waals surface area contributed by atoms with Crippen molar-refractivity contribution in [2.45, 2.75) is 24.8 Å². The predicted octanol–water partition coefficient (Wildman–Crippen LogP) is 3.92. The van der Waals surface area contributed by atoms with Crippen molar-refractivity contribution in [1.29, 1.82) is 0 Å². The van der Waals surface area contributed by atoms with E-state index in [1.54, 1.807) is 19.2 Å². The quantitative estimate of drug-likeness (QED) is 0.536. The molecule has 1 aromatic rings. The van der Waals surface area contributed by atoms with E-state index in [9.17, 15) is 4.79 Å². The second kappa shape index (κ2) is 12.6. The van der Waals surface area contributed by atoms with Gasteiger partial charge in [-0.3, -0.25) is 4.90 Å². The maximum Gasteiger partial charge on any atom is 0.139 e. The molecule has 0 amide bonds. The van der Waals surface area contributed by atoms with Crippen LogP contribution in [0.1, 0.15) is 13.3 Å². The van der Waals surface area contributed by atoms with E-state index in [1.165, 1.54) is 6.42 Å². The number of benzene rings is 1. The fraction of sp³-hybridized carbons (Fsp3) is 0.526. The number of halogens is 3. The van der Waals surface area contributed by atoms with Gasteiger partial charge in [0.25, 0.3) is 0 Å². The Hall–Kier alpha value is -0.780. The number of carbonyl (C=O) groups is 1. The first kappa shape index (κ1) is 23.3. The summed E-state index contributed by atoms with van der Waals surface area (Å²) in [5, 5.41) is 3.77. The van der Waals surface area contributed by atoms with Crippen molar-refractivity contribution in [2.24, 2.45) is 0 Å². The van der Waals surface area contributed by atoms with E-state index in [-0.39, 0.29) is 11.4 Å². The van der Waals surface area contributed by atoms with Crippen molar-refractivity contribution in [1.82, 2.24) is 15.1 Å². The van der Waals surface area contributed by atoms with Gasteiger partial charge in [0.15, 0.2) is 0 Å². The zero-order valence-electron chi connectivity index (χ0n) is 15.4. The van der Waals surface area contributed by atoms with Crippen LogP contribution in [0.4, 0.5) is 0 Å². The smallest absolute Gasteiger partial charge is 0.139 e. The maximum absolute atomic E-state index is 11.3. The van der Waals surface area contributed by atoms with Crippen LogP contribution in [-0.2, 0) is 4.79 Å². The summed E-state index contributed by atoms with van der Waals surface area (Å²) < 4.78 is 0. The molecule has 0 aromatic heterocycles. The zero-order valence-corrected chi connectivity index (χ0v) is 17.7. The van der Waals surface area contributed by atoms with E-state index < -0.39 is 0 Å². The van der Waals surface area contributed by atoms with E-state index in [2.05, 4.69) is 28.6 Å². The van der Waals surface area contributed by atoms with Crippen LogP contribution in [0.2, 0.25) is 10.0 Å². The summed E-state index contributed by atoms with van der Waals surface area (Å²) in [6.45, 7) is 11.0. The average Bonchev–Trinajstić information content (AvgIpc) is 2.66. The minimum Gasteiger partial charge on any atom is -0.391 e. The molecule has 1 saturated heterocycles. The first-order chi connectivity index (χ1) is 12.4. The molecule has 7 heteroatoms. The Bertz CT molecular complexity index is 542. The summed E-state index contributed by atoms with van der Waals surface area (Å²) >= 11 is 17.4. The lowest BCUT2D eigenvalue weighted by molar-refractivity contribution is -0.113. The fourth-order valence-electron chi connectivity index (χ4n) is 2.72. The molecule has 2 rings (SSSR count). The van der Waals surface area contributed by atoms with Crippen molar-refractivity contribution < 1.29 is 4.79 Å². The lowest BCUT2D eigenvalue weighted by Gasteiger charge is -2.38. The second-order valence-corrected chi connectivity index (χ2v) is 7.38. The van der Waals surface area contributed by atoms with Gasteiger partial charge >= 0.3 is 0 Å². The van der Waals surface area contributed by atoms with Crippen molar-refractivity contribution in [3.05, 3.63) is 46.6 Å². The highest BCUT2D eigenvalue weighted by atomic mass is 35.5. The number of carbonyl (C=O) groups excluding carboxylic acids is 1. The Morgan fingerprint density at radius 2 is 1.77 bits per heavy atom. The Morgan fingerprint density at radius 1 is 1.23 bits per heavy atom. The molecule has 1 aliphatic heterocycles. The Kier molecular flexibility index (Phi) is 11.3. The van der Waals surface area contributed by atoms with Crippen LogP contribution >= 0.6 is 34.8 Å². The summed E-state index contributed by atoms with van der Waals surface area (Å²) in [6.07, 6.45) is 2.11. The molecule has 2 unspecified atom stereocenters. The van der Waals surface area contributed by atoms with Gasteiger partial charge in [-0.25, -0.2) is 0 Å². The molecule has 0 aliphatic carbocycles. The van der Waals surface area contributed by atoms with Crippen molar-refractivity contribution in [3.63, 3.8) is 0 Å². The molecule has 146 valence electrons. The lowest BCUT2D eigenvalue weighted by Crippen LogP contribution is -2.54. The number of alkyl halides is 1. The minimum atomic E-state index is -0.370. The van der Waals surface area contributed by atoms with E-state index in [1.807, 2.05) is 12.1 Å². The van der Waals surface area contributed by atoms with Crippen LogP contribution in [-0.4, -0.2) is 67.3 Å². The predicted molar refractivity (Wildman–Crippen MR) is 112 cm³/mol. The molecule has 0 spiro atoms. The Morgan fingerprint density at radius 3 is 2.15 bits per heavy atom. The standard InChI is InChI=1S/C13H24ClN3O.C6H4Cl2/c1-4-5-16-6-8-17(9-7-16)12(10-18)13(14)11(2)15-3;7-5-3-1-2-4-6(5)8/h10,12-13,15H,2,4-9H2,1,3H3;1-4H. The number of nitrogens with zero attached hydrogens (tertiary/aromatic N) is 2. The van der Waals surface area contributed by atoms with Crippen LogP contribution in [0.25, 0.3) is 0 Å². The Labute approximate surface area is 172 Å². The number of hydrogen-bond acceptors (Lipinski definition) is 4. The van der Waals surface area contributed by atoms with Crippen molar-refractivity contribution in [2.75, 3.05) is 39.8 Å². The molecule has 1 heterocycles. The first-order valence-corrected chi connectivity index (χ1v) is 9.96. The average molecular weight is 421 g/mol. The van der Waals surface area contributed by atoms with Gasteiger partial charge in [0.1, 0.15) is 6.29 Å². The molecule has 1 aromatic carbocycles. The van der Waals surface area contributed by atoms with E-state index in [0.717, 1.165) is 39.0 Å². The van der Waals surface area contributed by atoms with Crippen LogP contribution in [0.5, 0.6) is 0 Å². The molecule has 1 aliphatic rings. The molecule has 26 heavy (non-hydrogen) atoms. The molecular formula is C19H28Cl3N3O. The molecular weight excluding hydrogens is 393 g/mol. The Balaban J connectivity index is 0.000000350. The highest BCUT2D eigenvalue weighted by molar-refractivity contribution is 6.41. The maximum atomic E-state index is 11.3. The van der Waals surface area contributed by atoms with Gasteiger partial charge in [-0.1, -0.05) is 48.8 Å². The molecule has 0 bridgehead atoms. The van der Waals surface area contributed by atoms with E-state index in [0.29, 0.717) is 15.7 Å². The van der Waals surface area contributed by atoms with Gasteiger partial charge in [0, 0.05) is 38.9 Å². The van der Waals surface area contributed by atoms with Gasteiger partial charge in [-0.2, -0.15) is 0 Å². The molecule has 4 nitrogen and oxygen atoms in total. The lowest BCUT2D eigenvalue weighted by atomic mass is 10.1. The topological polar surface area (TPSA) is 35.6 Å². The number of aldehydes is 1. The van der Waals surface area contributed by atoms with Gasteiger partial charge in [0.05, 0.1) is 21.5 Å². The second-order valence-electron chi connectivity index (χ2n) is 6.10. The van der Waals surface area contributed by atoms with Crippen LogP contribution < -0.4 is 5.32 Å². The van der Waals surface area contributed by atoms with Gasteiger partial charge in [-0.15, -0.1) is 11.6 Å². The fourth-order valence-corrected chi connectivity index (χ4v) is 3.32. The van der Waals surface area contributed by atoms with Gasteiger partial charge < -0.3 is 15.0 Å². The number of nitrogens with one attached hydrogen (secondary N) is 1. The van der Waals surface area contributed by atoms with Crippen molar-refractivity contribution in [3.8, 4) is 0 Å². The number of rotatable bonds is 7. The highest BCUT2D eigenvalue weighted by Gasteiger charge is 2.29. The summed E-state index contributed by atoms with van der Waals surface area (Å²) in [4.78, 5) is 15.8. The molecule has 1 fully saturated rings. The molecule has 0 radical (unpaired) electrons. The first-order valence-electron chi connectivity index (χ1n) is 8.76. The zero-order chi connectivity index (χ0) is 19.5. The highest BCUT2D eigenvalue weighted by Crippen LogP contribution is 2.19. The van der Waals surface area contributed by atoms with Gasteiger partial charge in [0.2, 0.25) is 0 Å². The molecule has 2 atom stereocenters. The largest absolute Gasteiger partial charge is 0.391 e. The SMILES string of the molecule is C=C(NC)C(Cl)C(C=O)N1CCN(CCC)CC1.Clc1ccccc1Cl. The normalized spacial score (nSPS) is 17.6. The van der Waals surface area contributed by atoms with Crippen LogP contribution in [0, 0.1) is 0 Å². The summed E-state index contributed by atoms with van der Waals surface area (Å²) in [5.74, 6) is 0. The van der Waals surface area contributed by atoms with Gasteiger partial charge in [-0.05, 0) is 25.1 Å². The molecule has 1 N–H and O–H groups in total. The third kappa shape index (κ3) is 7.45. The third-order valence-corrected chi connectivity index (χ3v) is 5.56. The third-order valence-electron chi connectivity index (χ3n) is 4.29. The monoisotopic (exact) mass is 419 g/mol. The van der Waals surface area contributed by atoms with Crippen LogP contribution in [0.3, 0.4) is 0 Å². The number of hydrogen-bond donors (Lipinski definition) is 1. The number of piperazine rings is 1. The summed E-state index contributed by atoms with van der Waals surface area (Å²) in [6, 6.07) is 6.91. The minimum absolute atomic E-state index is 0.282. The van der Waals surface area contributed by atoms with Crippen molar-refractivity contribution >= 4 is 41.1 Å². The summed E-state index contributed by atoms with van der Waals surface area (Å²) in [7, 11) is 1.78. The van der Waals surface area contributed by atoms with Crippen LogP contribution in [0.15, 0.2) is 36.5 Å². The molecule has 0 saturated carbocycles. The summed E-state index contributed by atoms with van der Waals surface area (Å²) in [5.41, 5.74) is 0.699. The van der Waals surface area contributed by atoms with E-state index >= 15 is 0 Å². The van der Waals surface area contributed by atoms with E-state index in [4.69, 9.17) is 34.8 Å².